The molecule has 0 saturated carbocycles. The minimum atomic E-state index is -2.19. The topological polar surface area (TPSA) is 79.2 Å². The van der Waals surface area contributed by atoms with Crippen molar-refractivity contribution in [3.8, 4) is 0 Å². The van der Waals surface area contributed by atoms with Gasteiger partial charge in [0.05, 0.1) is 12.2 Å². The van der Waals surface area contributed by atoms with Gasteiger partial charge in [-0.25, -0.2) is 0 Å². The predicted molar refractivity (Wildman–Crippen MR) is 93.8 cm³/mol. The second-order valence-corrected chi connectivity index (χ2v) is 19.6. The molecule has 0 aliphatic rings. The lowest BCUT2D eigenvalue weighted by atomic mass is 9.93. The van der Waals surface area contributed by atoms with Crippen LogP contribution >= 0.6 is 0 Å². The molecule has 0 bridgehead atoms. The Morgan fingerprint density at radius 1 is 1.05 bits per heavy atom. The fraction of sp³-hybridized carbons (Fsp3) is 1.00. The summed E-state index contributed by atoms with van der Waals surface area (Å²) in [6, 6.07) is 0. The van der Waals surface area contributed by atoms with Crippen molar-refractivity contribution in [3.63, 3.8) is 0 Å². The first-order valence-electron chi connectivity index (χ1n) is 7.61. The van der Waals surface area contributed by atoms with Crippen molar-refractivity contribution in [3.05, 3.63) is 0 Å². The fourth-order valence-corrected chi connectivity index (χ4v) is 10.9. The Kier molecular flexibility index (Phi) is 7.99. The molecule has 21 heavy (non-hydrogen) atoms. The average molecular weight is 355 g/mol. The van der Waals surface area contributed by atoms with E-state index in [1.165, 1.54) is 0 Å². The van der Waals surface area contributed by atoms with Crippen molar-refractivity contribution in [2.75, 3.05) is 6.61 Å². The summed E-state index contributed by atoms with van der Waals surface area (Å²) in [7, 11) is -5.83. The van der Waals surface area contributed by atoms with Gasteiger partial charge < -0.3 is 23.5 Å². The SMILES string of the molecule is CCC([SiH](O[Si](C)(C)C)O[Si](C)(C)C)C(C)(O)C(O)CO. The molecule has 0 fully saturated rings. The summed E-state index contributed by atoms with van der Waals surface area (Å²) in [5.74, 6) is 0. The van der Waals surface area contributed by atoms with Crippen molar-refractivity contribution >= 4 is 25.9 Å². The van der Waals surface area contributed by atoms with Crippen LogP contribution in [0, 0.1) is 0 Å². The number of hydrogen-bond acceptors (Lipinski definition) is 5. The largest absolute Gasteiger partial charge is 0.439 e. The van der Waals surface area contributed by atoms with Crippen LogP contribution in [0.4, 0.5) is 0 Å². The molecule has 5 nitrogen and oxygen atoms in total. The Balaban J connectivity index is 5.43. The van der Waals surface area contributed by atoms with E-state index in [0.717, 1.165) is 0 Å². The summed E-state index contributed by atoms with van der Waals surface area (Å²) in [6.07, 6.45) is -0.538. The third-order valence-electron chi connectivity index (χ3n) is 3.31. The van der Waals surface area contributed by atoms with Crippen molar-refractivity contribution in [2.45, 2.75) is 76.8 Å². The average Bonchev–Trinajstić information content (AvgIpc) is 2.23. The summed E-state index contributed by atoms with van der Waals surface area (Å²) >= 11 is 0. The van der Waals surface area contributed by atoms with Gasteiger partial charge in [-0.05, 0) is 52.6 Å². The van der Waals surface area contributed by atoms with Gasteiger partial charge in [-0.3, -0.25) is 0 Å². The zero-order valence-corrected chi connectivity index (χ0v) is 18.0. The molecule has 0 heterocycles. The maximum atomic E-state index is 10.7. The number of rotatable bonds is 9. The molecule has 0 saturated heterocycles. The lowest BCUT2D eigenvalue weighted by molar-refractivity contribution is -0.0908. The molecule has 128 valence electrons. The summed E-state index contributed by atoms with van der Waals surface area (Å²) < 4.78 is 12.6. The molecule has 0 amide bonds. The summed E-state index contributed by atoms with van der Waals surface area (Å²) in [5.41, 5.74) is -1.67. The first kappa shape index (κ1) is 21.5. The Bertz CT molecular complexity index is 296. The fourth-order valence-electron chi connectivity index (χ4n) is 2.20. The third-order valence-corrected chi connectivity index (χ3v) is 12.6. The molecule has 0 rings (SSSR count). The molecule has 3 unspecified atom stereocenters. The zero-order valence-electron chi connectivity index (χ0n) is 14.8. The Morgan fingerprint density at radius 3 is 1.67 bits per heavy atom. The minimum absolute atomic E-state index is 0.266. The van der Waals surface area contributed by atoms with Crippen LogP contribution in [0.15, 0.2) is 0 Å². The Hall–Kier alpha value is 0.451. The minimum Gasteiger partial charge on any atom is -0.439 e. The quantitative estimate of drug-likeness (QED) is 0.550. The maximum absolute atomic E-state index is 10.7. The molecular formula is C13H34O5Si3. The number of hydrogen-bond donors (Lipinski definition) is 3. The zero-order chi connectivity index (χ0) is 17.1. The molecular weight excluding hydrogens is 320 g/mol. The smallest absolute Gasteiger partial charge is 0.307 e. The summed E-state index contributed by atoms with van der Waals surface area (Å²) in [5, 5.41) is 29.9. The maximum Gasteiger partial charge on any atom is 0.307 e. The lowest BCUT2D eigenvalue weighted by Gasteiger charge is -2.42. The molecule has 3 N–H and O–H groups in total. The molecule has 0 aliphatic heterocycles. The first-order valence-corrected chi connectivity index (χ1v) is 16.0. The van der Waals surface area contributed by atoms with E-state index in [2.05, 4.69) is 39.3 Å². The van der Waals surface area contributed by atoms with Crippen LogP contribution in [0.3, 0.4) is 0 Å². The van der Waals surface area contributed by atoms with Gasteiger partial charge in [0, 0.05) is 5.54 Å². The van der Waals surface area contributed by atoms with Crippen LogP contribution in [-0.4, -0.2) is 59.6 Å². The van der Waals surface area contributed by atoms with Crippen LogP contribution in [0.2, 0.25) is 44.8 Å². The number of aliphatic hydroxyl groups is 3. The van der Waals surface area contributed by atoms with Crippen molar-refractivity contribution < 1.29 is 23.5 Å². The highest BCUT2D eigenvalue weighted by Gasteiger charge is 2.46. The van der Waals surface area contributed by atoms with Gasteiger partial charge in [0.15, 0.2) is 16.6 Å². The van der Waals surface area contributed by atoms with E-state index in [0.29, 0.717) is 6.42 Å². The summed E-state index contributed by atoms with van der Waals surface area (Å²) in [6.45, 7) is 15.7. The van der Waals surface area contributed by atoms with Gasteiger partial charge >= 0.3 is 9.28 Å². The highest BCUT2D eigenvalue weighted by atomic mass is 28.4. The van der Waals surface area contributed by atoms with E-state index < -0.39 is 44.2 Å². The molecule has 8 heteroatoms. The van der Waals surface area contributed by atoms with Crippen LogP contribution < -0.4 is 0 Å². The lowest BCUT2D eigenvalue weighted by Crippen LogP contribution is -2.55. The molecule has 0 aromatic carbocycles. The predicted octanol–water partition coefficient (Wildman–Crippen LogP) is 1.79. The van der Waals surface area contributed by atoms with Gasteiger partial charge in [0.2, 0.25) is 0 Å². The Morgan fingerprint density at radius 2 is 1.43 bits per heavy atom. The molecule has 0 spiro atoms. The van der Waals surface area contributed by atoms with E-state index >= 15 is 0 Å². The van der Waals surface area contributed by atoms with Crippen LogP contribution in [0.1, 0.15) is 20.3 Å². The van der Waals surface area contributed by atoms with Gasteiger partial charge in [-0.15, -0.1) is 0 Å². The molecule has 0 aromatic heterocycles. The number of aliphatic hydroxyl groups excluding tert-OH is 2. The first-order chi connectivity index (χ1) is 9.24. The highest BCUT2D eigenvalue weighted by molar-refractivity contribution is 6.81. The molecule has 0 aliphatic carbocycles. The third kappa shape index (κ3) is 7.51. The highest BCUT2D eigenvalue weighted by Crippen LogP contribution is 2.35. The van der Waals surface area contributed by atoms with E-state index in [1.807, 2.05) is 6.92 Å². The summed E-state index contributed by atoms with van der Waals surface area (Å²) in [4.78, 5) is 0. The standard InChI is InChI=1S/C13H34O5Si3/c1-9-12(13(2,16)11(15)10-14)19(17-20(3,4)5)18-21(6,7)8/h11-12,14-16,19H,9-10H2,1-8H3. The molecule has 0 aromatic rings. The second kappa shape index (κ2) is 7.82. The van der Waals surface area contributed by atoms with Crippen LogP contribution in [0.25, 0.3) is 0 Å². The van der Waals surface area contributed by atoms with Gasteiger partial charge in [-0.2, -0.15) is 0 Å². The van der Waals surface area contributed by atoms with E-state index in [4.69, 9.17) is 8.23 Å². The van der Waals surface area contributed by atoms with Gasteiger partial charge in [0.1, 0.15) is 6.10 Å². The van der Waals surface area contributed by atoms with Gasteiger partial charge in [-0.1, -0.05) is 6.92 Å². The van der Waals surface area contributed by atoms with Crippen LogP contribution in [-0.2, 0) is 8.23 Å². The van der Waals surface area contributed by atoms with E-state index in [9.17, 15) is 15.3 Å². The molecule has 0 radical (unpaired) electrons. The van der Waals surface area contributed by atoms with E-state index in [1.54, 1.807) is 6.92 Å². The molecule has 3 atom stereocenters. The van der Waals surface area contributed by atoms with E-state index in [-0.39, 0.29) is 5.54 Å². The van der Waals surface area contributed by atoms with Crippen LogP contribution in [0.5, 0.6) is 0 Å². The normalized spacial score (nSPS) is 19.4. The second-order valence-electron chi connectivity index (χ2n) is 7.77. The van der Waals surface area contributed by atoms with Gasteiger partial charge in [0.25, 0.3) is 0 Å². The monoisotopic (exact) mass is 354 g/mol. The van der Waals surface area contributed by atoms with Crippen molar-refractivity contribution in [1.29, 1.82) is 0 Å². The van der Waals surface area contributed by atoms with Crippen molar-refractivity contribution in [1.82, 2.24) is 0 Å². The van der Waals surface area contributed by atoms with Crippen molar-refractivity contribution in [2.24, 2.45) is 0 Å². The Labute approximate surface area is 133 Å².